The molecule has 26 heavy (non-hydrogen) atoms. The summed E-state index contributed by atoms with van der Waals surface area (Å²) in [7, 11) is 0. The number of amides is 1. The number of hydrogen-bond donors (Lipinski definition) is 1. The van der Waals surface area contributed by atoms with Crippen molar-refractivity contribution in [2.24, 2.45) is 0 Å². The first-order valence-electron chi connectivity index (χ1n) is 8.47. The van der Waals surface area contributed by atoms with Crippen molar-refractivity contribution in [2.75, 3.05) is 6.54 Å². The smallest absolute Gasteiger partial charge is 0.336 e. The first-order chi connectivity index (χ1) is 12.5. The van der Waals surface area contributed by atoms with Crippen LogP contribution < -0.4 is 0 Å². The van der Waals surface area contributed by atoms with Gasteiger partial charge in [-0.1, -0.05) is 54.6 Å². The Morgan fingerprint density at radius 2 is 1.85 bits per heavy atom. The van der Waals surface area contributed by atoms with E-state index in [1.54, 1.807) is 4.90 Å². The second kappa shape index (κ2) is 6.23. The van der Waals surface area contributed by atoms with Gasteiger partial charge in [0.15, 0.2) is 12.2 Å². The lowest BCUT2D eigenvalue weighted by Gasteiger charge is -2.39. The molecule has 0 spiro atoms. The number of carboxylic acids is 1. The minimum Gasteiger partial charge on any atom is -0.479 e. The Hall–Kier alpha value is -2.70. The largest absolute Gasteiger partial charge is 0.479 e. The van der Waals surface area contributed by atoms with Gasteiger partial charge in [0.1, 0.15) is 0 Å². The predicted octanol–water partition coefficient (Wildman–Crippen LogP) is 2.06. The average Bonchev–Trinajstić information content (AvgIpc) is 2.97. The second-order valence-corrected chi connectivity index (χ2v) is 6.66. The molecule has 0 aromatic heterocycles. The third-order valence-electron chi connectivity index (χ3n) is 4.88. The van der Waals surface area contributed by atoms with Crippen molar-refractivity contribution in [1.82, 2.24) is 4.90 Å². The first kappa shape index (κ1) is 16.8. The first-order valence-corrected chi connectivity index (χ1v) is 8.47. The van der Waals surface area contributed by atoms with Crippen LogP contribution in [0.5, 0.6) is 0 Å². The maximum absolute atomic E-state index is 12.8. The molecule has 2 aromatic carbocycles. The molecule has 2 fully saturated rings. The topological polar surface area (TPSA) is 76.1 Å². The molecule has 2 aromatic rings. The zero-order valence-electron chi connectivity index (χ0n) is 14.3. The highest BCUT2D eigenvalue weighted by Crippen LogP contribution is 2.44. The molecule has 0 saturated carbocycles. The van der Waals surface area contributed by atoms with E-state index in [4.69, 9.17) is 9.47 Å². The lowest BCUT2D eigenvalue weighted by atomic mass is 9.98. The fourth-order valence-electron chi connectivity index (χ4n) is 3.66. The Kier molecular flexibility index (Phi) is 4.01. The molecule has 3 atom stereocenters. The summed E-state index contributed by atoms with van der Waals surface area (Å²) >= 11 is 0. The van der Waals surface area contributed by atoms with Gasteiger partial charge < -0.3 is 19.5 Å². The highest BCUT2D eigenvalue weighted by atomic mass is 16.8. The molecule has 134 valence electrons. The van der Waals surface area contributed by atoms with Gasteiger partial charge in [-0.3, -0.25) is 4.79 Å². The molecule has 2 aliphatic heterocycles. The summed E-state index contributed by atoms with van der Waals surface area (Å²) in [6.07, 6.45) is -2.47. The molecular weight excluding hydrogens is 334 g/mol. The van der Waals surface area contributed by atoms with Crippen molar-refractivity contribution in [2.45, 2.75) is 31.5 Å². The van der Waals surface area contributed by atoms with Gasteiger partial charge >= 0.3 is 5.97 Å². The average molecular weight is 353 g/mol. The Morgan fingerprint density at radius 3 is 2.54 bits per heavy atom. The third-order valence-corrected chi connectivity index (χ3v) is 4.88. The molecule has 2 bridgehead atoms. The highest BCUT2D eigenvalue weighted by Gasteiger charge is 2.60. The van der Waals surface area contributed by atoms with E-state index in [9.17, 15) is 14.7 Å². The standard InChI is InChI=1S/C20H19NO5/c1-13-7-5-6-10-15(13)20-12-21(11-14-8-3-2-4-9-14)18(22)16(25-20)17(26-20)19(23)24/h2-10,16-17H,11-12H2,1H3,(H,23,24). The van der Waals surface area contributed by atoms with Gasteiger partial charge in [-0.05, 0) is 18.1 Å². The van der Waals surface area contributed by atoms with E-state index in [2.05, 4.69) is 0 Å². The van der Waals surface area contributed by atoms with Crippen LogP contribution in [0.1, 0.15) is 16.7 Å². The molecule has 2 heterocycles. The van der Waals surface area contributed by atoms with E-state index in [1.165, 1.54) is 0 Å². The monoisotopic (exact) mass is 353 g/mol. The number of carboxylic acid groups (broad SMARTS) is 1. The van der Waals surface area contributed by atoms with Crippen molar-refractivity contribution in [3.63, 3.8) is 0 Å². The highest BCUT2D eigenvalue weighted by molar-refractivity contribution is 5.89. The molecule has 1 amide bonds. The van der Waals surface area contributed by atoms with Crippen molar-refractivity contribution in [1.29, 1.82) is 0 Å². The number of nitrogens with zero attached hydrogens (tertiary/aromatic N) is 1. The minimum atomic E-state index is -1.32. The molecule has 2 saturated heterocycles. The lowest BCUT2D eigenvalue weighted by Crippen LogP contribution is -2.53. The summed E-state index contributed by atoms with van der Waals surface area (Å²) in [4.78, 5) is 26.1. The molecule has 0 radical (unpaired) electrons. The number of carbonyl (C=O) groups excluding carboxylic acids is 1. The molecule has 4 rings (SSSR count). The van der Waals surface area contributed by atoms with Crippen molar-refractivity contribution < 1.29 is 24.2 Å². The SMILES string of the molecule is Cc1ccccc1C12CN(Cc3ccccc3)C(=O)C(O1)C(C(=O)O)O2. The molecule has 6 nitrogen and oxygen atoms in total. The van der Waals surface area contributed by atoms with Crippen LogP contribution in [0.2, 0.25) is 0 Å². The second-order valence-electron chi connectivity index (χ2n) is 6.66. The zero-order chi connectivity index (χ0) is 18.3. The number of fused-ring (bicyclic) bond motifs is 2. The third kappa shape index (κ3) is 2.67. The molecular formula is C20H19NO5. The van der Waals surface area contributed by atoms with Crippen LogP contribution in [-0.2, 0) is 31.4 Å². The zero-order valence-corrected chi connectivity index (χ0v) is 14.3. The number of benzene rings is 2. The lowest BCUT2D eigenvalue weighted by molar-refractivity contribution is -0.220. The van der Waals surface area contributed by atoms with Gasteiger partial charge in [-0.15, -0.1) is 0 Å². The Labute approximate surface area is 151 Å². The Morgan fingerprint density at radius 1 is 1.15 bits per heavy atom. The summed E-state index contributed by atoms with van der Waals surface area (Å²) < 4.78 is 11.8. The Bertz CT molecular complexity index is 852. The summed E-state index contributed by atoms with van der Waals surface area (Å²) in [5.74, 6) is -2.81. The number of hydrogen-bond acceptors (Lipinski definition) is 4. The van der Waals surface area contributed by atoms with Gasteiger partial charge in [0.2, 0.25) is 5.79 Å². The van der Waals surface area contributed by atoms with E-state index < -0.39 is 24.0 Å². The van der Waals surface area contributed by atoms with Crippen LogP contribution in [0.25, 0.3) is 0 Å². The van der Waals surface area contributed by atoms with Gasteiger partial charge in [0, 0.05) is 12.1 Å². The maximum atomic E-state index is 12.8. The number of ether oxygens (including phenoxy) is 2. The van der Waals surface area contributed by atoms with Crippen LogP contribution in [0.3, 0.4) is 0 Å². The maximum Gasteiger partial charge on any atom is 0.336 e. The van der Waals surface area contributed by atoms with E-state index in [0.29, 0.717) is 6.54 Å². The van der Waals surface area contributed by atoms with E-state index >= 15 is 0 Å². The van der Waals surface area contributed by atoms with Crippen LogP contribution in [0.15, 0.2) is 54.6 Å². The minimum absolute atomic E-state index is 0.145. The van der Waals surface area contributed by atoms with Crippen molar-refractivity contribution >= 4 is 11.9 Å². The fraction of sp³-hybridized carbons (Fsp3) is 0.300. The van der Waals surface area contributed by atoms with Gasteiger partial charge in [0.05, 0.1) is 6.54 Å². The van der Waals surface area contributed by atoms with Gasteiger partial charge in [0.25, 0.3) is 5.91 Å². The fourth-order valence-corrected chi connectivity index (χ4v) is 3.66. The molecule has 6 heteroatoms. The summed E-state index contributed by atoms with van der Waals surface area (Å²) in [6, 6.07) is 17.1. The number of morpholine rings is 1. The molecule has 0 aliphatic carbocycles. The Balaban J connectivity index is 1.73. The van der Waals surface area contributed by atoms with Crippen molar-refractivity contribution in [3.05, 3.63) is 71.3 Å². The van der Waals surface area contributed by atoms with Crippen LogP contribution in [0, 0.1) is 6.92 Å². The normalized spacial score (nSPS) is 27.6. The number of aliphatic carboxylic acids is 1. The van der Waals surface area contributed by atoms with Crippen molar-refractivity contribution in [3.8, 4) is 0 Å². The number of carbonyl (C=O) groups is 2. The van der Waals surface area contributed by atoms with E-state index in [-0.39, 0.29) is 12.5 Å². The number of aryl methyl sites for hydroxylation is 1. The van der Waals surface area contributed by atoms with E-state index in [1.807, 2.05) is 61.5 Å². The van der Waals surface area contributed by atoms with E-state index in [0.717, 1.165) is 16.7 Å². The quantitative estimate of drug-likeness (QED) is 0.911. The summed E-state index contributed by atoms with van der Waals surface area (Å²) in [6.45, 7) is 2.44. The van der Waals surface area contributed by atoms with Crippen LogP contribution in [-0.4, -0.2) is 40.6 Å². The molecule has 1 N–H and O–H groups in total. The molecule has 2 aliphatic rings. The van der Waals surface area contributed by atoms with Gasteiger partial charge in [-0.2, -0.15) is 0 Å². The summed E-state index contributed by atoms with van der Waals surface area (Å²) in [5.41, 5.74) is 2.64. The molecule has 3 unspecified atom stereocenters. The van der Waals surface area contributed by atoms with Gasteiger partial charge in [-0.25, -0.2) is 4.79 Å². The van der Waals surface area contributed by atoms with Crippen LogP contribution in [0.4, 0.5) is 0 Å². The van der Waals surface area contributed by atoms with Crippen LogP contribution >= 0.6 is 0 Å². The summed E-state index contributed by atoms with van der Waals surface area (Å²) in [5, 5.41) is 9.51. The predicted molar refractivity (Wildman–Crippen MR) is 92.1 cm³/mol. The number of rotatable bonds is 4.